The number of likely N-dealkylation sites (N-methyl/N-ethyl adjacent to an activating group) is 1. The first-order chi connectivity index (χ1) is 14.8. The molecule has 1 atom stereocenters. The van der Waals surface area contributed by atoms with Crippen molar-refractivity contribution in [1.29, 1.82) is 0 Å². The number of carbonyl (C=O) groups is 3. The van der Waals surface area contributed by atoms with E-state index in [0.717, 1.165) is 11.3 Å². The van der Waals surface area contributed by atoms with Crippen molar-refractivity contribution in [3.05, 3.63) is 67.8 Å². The Bertz CT molecular complexity index is 1320. The van der Waals surface area contributed by atoms with Crippen LogP contribution in [0.15, 0.2) is 42.5 Å². The van der Waals surface area contributed by atoms with Gasteiger partial charge in [-0.1, -0.05) is 41.4 Å². The van der Waals surface area contributed by atoms with Gasteiger partial charge in [-0.3, -0.25) is 9.59 Å². The van der Waals surface area contributed by atoms with Crippen molar-refractivity contribution >= 4 is 63.7 Å². The second kappa shape index (κ2) is 6.82. The smallest absolute Gasteiger partial charge is 0.346 e. The van der Waals surface area contributed by atoms with Gasteiger partial charge in [0.15, 0.2) is 0 Å². The van der Waals surface area contributed by atoms with E-state index in [0.29, 0.717) is 43.0 Å². The zero-order valence-electron chi connectivity index (χ0n) is 16.0. The Morgan fingerprint density at radius 3 is 2.65 bits per heavy atom. The van der Waals surface area contributed by atoms with Gasteiger partial charge in [-0.15, -0.1) is 11.3 Å². The highest BCUT2D eigenvalue weighted by atomic mass is 35.5. The van der Waals surface area contributed by atoms with Crippen LogP contribution in [0.5, 0.6) is 0 Å². The van der Waals surface area contributed by atoms with Crippen molar-refractivity contribution in [2.45, 2.75) is 11.8 Å². The number of halogens is 2. The fourth-order valence-corrected chi connectivity index (χ4v) is 6.18. The van der Waals surface area contributed by atoms with Crippen LogP contribution in [0.3, 0.4) is 0 Å². The molecule has 2 aliphatic heterocycles. The lowest BCUT2D eigenvalue weighted by Gasteiger charge is -2.32. The number of rotatable bonds is 2. The Kier molecular flexibility index (Phi) is 4.41. The van der Waals surface area contributed by atoms with Gasteiger partial charge in [-0.25, -0.2) is 4.79 Å². The first-order valence-corrected chi connectivity index (χ1v) is 10.9. The predicted octanol–water partition coefficient (Wildman–Crippen LogP) is 5.02. The number of benzene rings is 2. The molecule has 3 aromatic rings. The number of anilines is 2. The van der Waals surface area contributed by atoms with Gasteiger partial charge in [0.2, 0.25) is 11.8 Å². The van der Waals surface area contributed by atoms with Crippen molar-refractivity contribution in [3.8, 4) is 11.1 Å². The van der Waals surface area contributed by atoms with Gasteiger partial charge < -0.3 is 15.3 Å². The summed E-state index contributed by atoms with van der Waals surface area (Å²) >= 11 is 13.6. The van der Waals surface area contributed by atoms with E-state index in [2.05, 4.69) is 5.32 Å². The number of carboxylic acid groups (broad SMARTS) is 1. The number of nitrogens with one attached hydrogen (secondary N) is 1. The average molecular weight is 473 g/mol. The van der Waals surface area contributed by atoms with Crippen LogP contribution in [-0.2, 0) is 15.0 Å². The summed E-state index contributed by atoms with van der Waals surface area (Å²) in [6.07, 6.45) is -0.141. The van der Waals surface area contributed by atoms with E-state index in [1.807, 2.05) is 0 Å². The van der Waals surface area contributed by atoms with Gasteiger partial charge in [0.05, 0.1) is 17.0 Å². The number of fused-ring (bicyclic) bond motifs is 4. The zero-order chi connectivity index (χ0) is 22.1. The minimum Gasteiger partial charge on any atom is -0.477 e. The summed E-state index contributed by atoms with van der Waals surface area (Å²) in [5.41, 5.74) is 0.965. The maximum atomic E-state index is 13.6. The molecular formula is C22H14Cl2N2O4S. The summed E-state index contributed by atoms with van der Waals surface area (Å²) in [4.78, 5) is 40.6. The molecule has 9 heteroatoms. The lowest BCUT2D eigenvalue weighted by Crippen LogP contribution is -2.45. The van der Waals surface area contributed by atoms with Gasteiger partial charge in [0.25, 0.3) is 0 Å². The molecule has 1 spiro atoms. The number of hydrogen-bond donors (Lipinski definition) is 2. The molecule has 2 aromatic carbocycles. The molecule has 0 saturated heterocycles. The number of carboxylic acids is 1. The molecule has 1 aromatic heterocycles. The van der Waals surface area contributed by atoms with E-state index in [9.17, 15) is 19.5 Å². The Morgan fingerprint density at radius 1 is 1.19 bits per heavy atom. The van der Waals surface area contributed by atoms with Crippen molar-refractivity contribution in [2.24, 2.45) is 0 Å². The maximum absolute atomic E-state index is 13.6. The molecule has 2 amide bonds. The van der Waals surface area contributed by atoms with E-state index >= 15 is 0 Å². The van der Waals surface area contributed by atoms with Crippen LogP contribution in [0.25, 0.3) is 11.1 Å². The van der Waals surface area contributed by atoms with Gasteiger partial charge >= 0.3 is 5.97 Å². The molecule has 0 saturated carbocycles. The van der Waals surface area contributed by atoms with Crippen molar-refractivity contribution < 1.29 is 19.5 Å². The normalized spacial score (nSPS) is 19.4. The maximum Gasteiger partial charge on any atom is 0.346 e. The molecule has 2 aliphatic rings. The Balaban J connectivity index is 1.89. The highest BCUT2D eigenvalue weighted by Gasteiger charge is 2.57. The van der Waals surface area contributed by atoms with Crippen LogP contribution in [-0.4, -0.2) is 29.9 Å². The fraction of sp³-hybridized carbons (Fsp3) is 0.136. The molecule has 0 unspecified atom stereocenters. The van der Waals surface area contributed by atoms with Crippen molar-refractivity contribution in [1.82, 2.24) is 0 Å². The summed E-state index contributed by atoms with van der Waals surface area (Å²) in [6, 6.07) is 11.9. The average Bonchev–Trinajstić information content (AvgIpc) is 3.20. The van der Waals surface area contributed by atoms with Crippen molar-refractivity contribution in [3.63, 3.8) is 0 Å². The largest absolute Gasteiger partial charge is 0.477 e. The molecule has 0 aliphatic carbocycles. The van der Waals surface area contributed by atoms with Crippen LogP contribution in [0.1, 0.15) is 26.5 Å². The second-order valence-corrected chi connectivity index (χ2v) is 9.32. The number of thiophene rings is 1. The van der Waals surface area contributed by atoms with Crippen LogP contribution < -0.4 is 10.2 Å². The number of carbonyl (C=O) groups excluding carboxylic acids is 2. The summed E-state index contributed by atoms with van der Waals surface area (Å²) < 4.78 is 0. The molecule has 5 rings (SSSR count). The van der Waals surface area contributed by atoms with Gasteiger partial charge in [-0.2, -0.15) is 0 Å². The number of hydrogen-bond acceptors (Lipinski definition) is 4. The molecule has 2 N–H and O–H groups in total. The van der Waals surface area contributed by atoms with Gasteiger partial charge in [0.1, 0.15) is 10.3 Å². The first-order valence-electron chi connectivity index (χ1n) is 9.29. The Labute approximate surface area is 191 Å². The summed E-state index contributed by atoms with van der Waals surface area (Å²) in [5, 5.41) is 13.5. The quantitative estimate of drug-likeness (QED) is 0.547. The molecule has 3 heterocycles. The van der Waals surface area contributed by atoms with E-state index in [1.165, 1.54) is 4.90 Å². The molecular weight excluding hydrogens is 459 g/mol. The number of amides is 2. The third-order valence-electron chi connectivity index (χ3n) is 5.77. The molecule has 156 valence electrons. The molecule has 31 heavy (non-hydrogen) atoms. The Hall–Kier alpha value is -2.87. The minimum atomic E-state index is -1.35. The molecule has 0 radical (unpaired) electrons. The number of aromatic carboxylic acids is 1. The molecule has 0 fully saturated rings. The zero-order valence-corrected chi connectivity index (χ0v) is 18.4. The summed E-state index contributed by atoms with van der Waals surface area (Å²) in [5.74, 6) is -1.85. The first kappa shape index (κ1) is 20.1. The van der Waals surface area contributed by atoms with Crippen molar-refractivity contribution in [2.75, 3.05) is 17.3 Å². The van der Waals surface area contributed by atoms with E-state index in [1.54, 1.807) is 49.5 Å². The SMILES string of the molecule is CN1C(=O)[C@]2(CC(=O)Nc3c2sc(C(=O)O)c3-c2ccccc2Cl)c2cc(Cl)ccc21. The van der Waals surface area contributed by atoms with Crippen LogP contribution in [0.2, 0.25) is 10.0 Å². The lowest BCUT2D eigenvalue weighted by molar-refractivity contribution is -0.126. The summed E-state index contributed by atoms with van der Waals surface area (Å²) in [7, 11) is 1.64. The number of nitrogens with zero attached hydrogens (tertiary/aromatic N) is 1. The minimum absolute atomic E-state index is 0.00519. The van der Waals surface area contributed by atoms with E-state index < -0.39 is 11.4 Å². The Morgan fingerprint density at radius 2 is 1.94 bits per heavy atom. The van der Waals surface area contributed by atoms with E-state index in [-0.39, 0.29) is 23.1 Å². The van der Waals surface area contributed by atoms with Gasteiger partial charge in [0, 0.05) is 33.9 Å². The third kappa shape index (κ3) is 2.67. The molecule has 6 nitrogen and oxygen atoms in total. The highest BCUT2D eigenvalue weighted by molar-refractivity contribution is 7.15. The van der Waals surface area contributed by atoms with Crippen LogP contribution in [0.4, 0.5) is 11.4 Å². The van der Waals surface area contributed by atoms with Crippen LogP contribution >= 0.6 is 34.5 Å². The monoisotopic (exact) mass is 472 g/mol. The second-order valence-electron chi connectivity index (χ2n) is 7.45. The van der Waals surface area contributed by atoms with E-state index in [4.69, 9.17) is 23.2 Å². The lowest BCUT2D eigenvalue weighted by atomic mass is 9.74. The van der Waals surface area contributed by atoms with Crippen LogP contribution in [0, 0.1) is 0 Å². The topological polar surface area (TPSA) is 86.7 Å². The molecule has 0 bridgehead atoms. The summed E-state index contributed by atoms with van der Waals surface area (Å²) in [6.45, 7) is 0. The fourth-order valence-electron chi connectivity index (χ4n) is 4.47. The predicted molar refractivity (Wildman–Crippen MR) is 121 cm³/mol. The third-order valence-corrected chi connectivity index (χ3v) is 7.68. The highest BCUT2D eigenvalue weighted by Crippen LogP contribution is 2.58. The van der Waals surface area contributed by atoms with Gasteiger partial charge in [-0.05, 0) is 29.8 Å². The standard InChI is InChI=1S/C22H14Cl2N2O4S/c1-26-14-7-6-10(23)8-12(14)22(21(26)30)9-15(27)25-17-16(11-4-2-3-5-13(11)24)18(20(28)29)31-19(17)22/h2-8H,9H2,1H3,(H,25,27)(H,28,29)/t22-/m1/s1.